The molecule has 6 nitrogen and oxygen atoms in total. The van der Waals surface area contributed by atoms with E-state index >= 15 is 0 Å². The van der Waals surface area contributed by atoms with Gasteiger partial charge in [-0.25, -0.2) is 4.79 Å². The van der Waals surface area contributed by atoms with Gasteiger partial charge in [-0.1, -0.05) is 58.0 Å². The van der Waals surface area contributed by atoms with E-state index in [0.717, 1.165) is 24.0 Å². The summed E-state index contributed by atoms with van der Waals surface area (Å²) in [5, 5.41) is 12.5. The second-order valence-electron chi connectivity index (χ2n) is 12.3. The molecule has 196 valence electrons. The fraction of sp³-hybridized carbons (Fsp3) is 0.667. The molecule has 7 atom stereocenters. The molecule has 0 saturated heterocycles. The average molecular weight is 497 g/mol. The number of aliphatic hydroxyl groups is 1. The van der Waals surface area contributed by atoms with Gasteiger partial charge in [-0.2, -0.15) is 0 Å². The molecule has 3 saturated carbocycles. The summed E-state index contributed by atoms with van der Waals surface area (Å²) in [5.74, 6) is -1.45. The predicted molar refractivity (Wildman–Crippen MR) is 135 cm³/mol. The van der Waals surface area contributed by atoms with E-state index in [4.69, 9.17) is 14.2 Å². The summed E-state index contributed by atoms with van der Waals surface area (Å²) in [6.45, 7) is 8.53. The van der Waals surface area contributed by atoms with Crippen molar-refractivity contribution in [2.45, 2.75) is 90.1 Å². The van der Waals surface area contributed by atoms with E-state index in [2.05, 4.69) is 27.7 Å². The largest absolute Gasteiger partial charge is 0.462 e. The van der Waals surface area contributed by atoms with E-state index in [1.165, 1.54) is 0 Å². The van der Waals surface area contributed by atoms with Gasteiger partial charge in [0.05, 0.1) is 5.60 Å². The van der Waals surface area contributed by atoms with Gasteiger partial charge >= 0.3 is 11.9 Å². The average Bonchev–Trinajstić information content (AvgIpc) is 3.20. The zero-order valence-corrected chi connectivity index (χ0v) is 22.2. The van der Waals surface area contributed by atoms with Crippen LogP contribution < -0.4 is 0 Å². The zero-order chi connectivity index (χ0) is 25.9. The minimum Gasteiger partial charge on any atom is -0.462 e. The van der Waals surface area contributed by atoms with Crippen molar-refractivity contribution in [2.24, 2.45) is 28.6 Å². The highest BCUT2D eigenvalue weighted by molar-refractivity contribution is 5.86. The van der Waals surface area contributed by atoms with E-state index in [0.29, 0.717) is 32.1 Å². The molecular formula is C30H40O6. The first kappa shape index (κ1) is 25.5. The Morgan fingerprint density at radius 2 is 1.86 bits per heavy atom. The van der Waals surface area contributed by atoms with Crippen LogP contribution in [-0.4, -0.2) is 41.6 Å². The number of ether oxygens (including phenoxy) is 3. The number of esters is 2. The van der Waals surface area contributed by atoms with Crippen molar-refractivity contribution in [3.63, 3.8) is 0 Å². The summed E-state index contributed by atoms with van der Waals surface area (Å²) < 4.78 is 18.0. The Labute approximate surface area is 214 Å². The fourth-order valence-electron chi connectivity index (χ4n) is 8.31. The maximum atomic E-state index is 13.1. The van der Waals surface area contributed by atoms with E-state index in [1.54, 1.807) is 13.2 Å². The Bertz CT molecular complexity index is 1060. The third kappa shape index (κ3) is 3.59. The molecule has 1 aliphatic heterocycles. The normalized spacial score (nSPS) is 40.8. The molecule has 5 rings (SSSR count). The van der Waals surface area contributed by atoms with Crippen molar-refractivity contribution >= 4 is 11.9 Å². The lowest BCUT2D eigenvalue weighted by Crippen LogP contribution is -2.72. The second kappa shape index (κ2) is 8.70. The molecule has 6 heteroatoms. The summed E-state index contributed by atoms with van der Waals surface area (Å²) in [6, 6.07) is 9.95. The first-order valence-electron chi connectivity index (χ1n) is 13.4. The lowest BCUT2D eigenvalue weighted by molar-refractivity contribution is -0.301. The lowest BCUT2D eigenvalue weighted by Gasteiger charge is -2.68. The van der Waals surface area contributed by atoms with Crippen LogP contribution in [0.4, 0.5) is 0 Å². The smallest absolute Gasteiger partial charge is 0.333 e. The van der Waals surface area contributed by atoms with E-state index < -0.39 is 22.9 Å². The van der Waals surface area contributed by atoms with E-state index in [1.807, 2.05) is 30.3 Å². The number of rotatable bonds is 5. The summed E-state index contributed by atoms with van der Waals surface area (Å²) in [7, 11) is 1.59. The van der Waals surface area contributed by atoms with Gasteiger partial charge in [0, 0.05) is 37.0 Å². The van der Waals surface area contributed by atoms with Gasteiger partial charge in [-0.05, 0) is 60.8 Å². The molecule has 4 aliphatic rings. The monoisotopic (exact) mass is 496 g/mol. The molecule has 0 unspecified atom stereocenters. The summed E-state index contributed by atoms with van der Waals surface area (Å²) in [6.07, 6.45) is 5.52. The zero-order valence-electron chi connectivity index (χ0n) is 22.2. The maximum absolute atomic E-state index is 13.1. The summed E-state index contributed by atoms with van der Waals surface area (Å²) in [5.41, 5.74) is -0.0733. The molecular weight excluding hydrogens is 456 g/mol. The van der Waals surface area contributed by atoms with Crippen LogP contribution in [-0.2, 0) is 30.2 Å². The number of methoxy groups -OCH3 is 1. The third-order valence-corrected chi connectivity index (χ3v) is 10.5. The van der Waals surface area contributed by atoms with Gasteiger partial charge in [0.1, 0.15) is 6.10 Å². The van der Waals surface area contributed by atoms with Crippen LogP contribution in [0.25, 0.3) is 0 Å². The highest BCUT2D eigenvalue weighted by Gasteiger charge is 2.72. The van der Waals surface area contributed by atoms with Crippen molar-refractivity contribution in [3.8, 4) is 0 Å². The van der Waals surface area contributed by atoms with Crippen LogP contribution >= 0.6 is 0 Å². The quantitative estimate of drug-likeness (QED) is 0.579. The third-order valence-electron chi connectivity index (χ3n) is 10.5. The molecule has 1 aromatic rings. The topological polar surface area (TPSA) is 82.1 Å². The lowest BCUT2D eigenvalue weighted by atomic mass is 9.40. The van der Waals surface area contributed by atoms with Crippen molar-refractivity contribution < 1.29 is 28.9 Å². The molecule has 0 spiro atoms. The number of fused-ring (bicyclic) bond motifs is 4. The first-order chi connectivity index (χ1) is 17.0. The minimum atomic E-state index is -1.11. The summed E-state index contributed by atoms with van der Waals surface area (Å²) in [4.78, 5) is 25.5. The molecule has 0 radical (unpaired) electrons. The Hall–Kier alpha value is -2.18. The number of carbonyl (C=O) groups excluding carboxylic acids is 2. The van der Waals surface area contributed by atoms with Gasteiger partial charge in [0.15, 0.2) is 0 Å². The van der Waals surface area contributed by atoms with Crippen LogP contribution in [0.2, 0.25) is 0 Å². The Morgan fingerprint density at radius 1 is 1.14 bits per heavy atom. The van der Waals surface area contributed by atoms with Gasteiger partial charge in [-0.15, -0.1) is 0 Å². The maximum Gasteiger partial charge on any atom is 0.333 e. The Morgan fingerprint density at radius 3 is 2.56 bits per heavy atom. The fourth-order valence-corrected chi connectivity index (χ4v) is 8.31. The Kier molecular flexibility index (Phi) is 6.15. The van der Waals surface area contributed by atoms with Gasteiger partial charge in [-0.3, -0.25) is 4.79 Å². The van der Waals surface area contributed by atoms with Crippen LogP contribution in [0.3, 0.4) is 0 Å². The molecule has 3 fully saturated rings. The van der Waals surface area contributed by atoms with Crippen LogP contribution in [0.5, 0.6) is 0 Å². The molecule has 0 amide bonds. The molecule has 0 bridgehead atoms. The number of carbonyl (C=O) groups is 2. The number of aryl methyl sites for hydroxylation is 1. The Balaban J connectivity index is 1.47. The second-order valence-corrected chi connectivity index (χ2v) is 12.3. The van der Waals surface area contributed by atoms with Crippen LogP contribution in [0.1, 0.15) is 71.8 Å². The number of benzene rings is 1. The minimum absolute atomic E-state index is 0.0410. The van der Waals surface area contributed by atoms with Crippen molar-refractivity contribution in [1.29, 1.82) is 0 Å². The SMILES string of the molecule is CO[C@@]12C[C@H]3[C@@H](CC[C@@]4(O)C(C)(C)CC[C@H](OC(=O)CCc5ccccc5)[C@]34C)[C@@H](C)C1=CC(=O)O2. The molecule has 36 heavy (non-hydrogen) atoms. The summed E-state index contributed by atoms with van der Waals surface area (Å²) >= 11 is 0. The molecule has 3 aliphatic carbocycles. The van der Waals surface area contributed by atoms with Crippen molar-refractivity contribution in [1.82, 2.24) is 0 Å². The van der Waals surface area contributed by atoms with Gasteiger partial charge < -0.3 is 19.3 Å². The van der Waals surface area contributed by atoms with Gasteiger partial charge in [0.25, 0.3) is 0 Å². The van der Waals surface area contributed by atoms with E-state index in [-0.39, 0.29) is 35.1 Å². The highest BCUT2D eigenvalue weighted by Crippen LogP contribution is 2.69. The molecule has 1 aromatic carbocycles. The standard InChI is InChI=1S/C30H40O6/c1-19-21-13-16-30(33)27(2,3)15-14-24(35-25(31)12-11-20-9-7-6-8-10-20)28(30,4)23(21)18-29(34-5)22(19)17-26(32)36-29/h6-10,17,19,21,23-24,33H,11-16,18H2,1-5H3/t19-,21+,23+,24+,28+,29-,30-/m1/s1. The molecule has 1 N–H and O–H groups in total. The van der Waals surface area contributed by atoms with Crippen molar-refractivity contribution in [2.75, 3.05) is 7.11 Å². The van der Waals surface area contributed by atoms with Crippen molar-refractivity contribution in [3.05, 3.63) is 47.5 Å². The first-order valence-corrected chi connectivity index (χ1v) is 13.4. The highest BCUT2D eigenvalue weighted by atomic mass is 16.7. The van der Waals surface area contributed by atoms with Crippen LogP contribution in [0, 0.1) is 28.6 Å². The van der Waals surface area contributed by atoms with Gasteiger partial charge in [0.2, 0.25) is 5.79 Å². The van der Waals surface area contributed by atoms with Crippen LogP contribution in [0.15, 0.2) is 42.0 Å². The number of hydrogen-bond donors (Lipinski definition) is 1. The number of hydrogen-bond acceptors (Lipinski definition) is 6. The molecule has 1 heterocycles. The van der Waals surface area contributed by atoms with E-state index in [9.17, 15) is 14.7 Å². The molecule has 0 aromatic heterocycles. The predicted octanol–water partition coefficient (Wildman–Crippen LogP) is 4.98.